The number of nitrogens with zero attached hydrogens (tertiary/aromatic N) is 1. The van der Waals surface area contributed by atoms with Gasteiger partial charge in [0.05, 0.1) is 6.04 Å². The summed E-state index contributed by atoms with van der Waals surface area (Å²) in [5, 5.41) is 6.95. The summed E-state index contributed by atoms with van der Waals surface area (Å²) >= 11 is 1.76. The highest BCUT2D eigenvalue weighted by atomic mass is 32.1. The first-order valence-electron chi connectivity index (χ1n) is 9.01. The number of rotatable bonds is 14. The molecule has 0 aliphatic heterocycles. The normalized spacial score (nSPS) is 12.7. The van der Waals surface area contributed by atoms with Gasteiger partial charge in [-0.2, -0.15) is 0 Å². The molecule has 1 rings (SSSR count). The fraction of sp³-hybridized carbons (Fsp3) is 0.833. The Bertz CT molecular complexity index is 311. The number of hydrogen-bond donors (Lipinski definition) is 1. The van der Waals surface area contributed by atoms with E-state index in [1.807, 2.05) is 6.20 Å². The van der Waals surface area contributed by atoms with Crippen LogP contribution in [0.2, 0.25) is 0 Å². The fourth-order valence-electron chi connectivity index (χ4n) is 2.70. The van der Waals surface area contributed by atoms with Crippen molar-refractivity contribution in [2.75, 3.05) is 6.54 Å². The minimum absolute atomic E-state index is 0.462. The number of nitrogens with one attached hydrogen (secondary N) is 1. The molecule has 0 aliphatic carbocycles. The van der Waals surface area contributed by atoms with Crippen LogP contribution in [-0.4, -0.2) is 11.5 Å². The summed E-state index contributed by atoms with van der Waals surface area (Å²) in [5.74, 6) is 0. The largest absolute Gasteiger partial charge is 0.308 e. The Kier molecular flexibility index (Phi) is 11.8. The maximum Gasteiger partial charge on any atom is 0.109 e. The molecule has 1 aromatic heterocycles. The molecule has 21 heavy (non-hydrogen) atoms. The Morgan fingerprint density at radius 2 is 1.57 bits per heavy atom. The van der Waals surface area contributed by atoms with E-state index in [0.29, 0.717) is 6.04 Å². The van der Waals surface area contributed by atoms with Crippen molar-refractivity contribution in [1.29, 1.82) is 0 Å². The second kappa shape index (κ2) is 13.3. The van der Waals surface area contributed by atoms with Crippen molar-refractivity contribution >= 4 is 11.3 Å². The standard InChI is InChI=1S/C18H34N2S/c1-3-5-6-7-8-9-10-11-12-13-14-19-17(4-2)18-20-15-16-21-18/h15-17,19H,3-14H2,1-2H3. The lowest BCUT2D eigenvalue weighted by molar-refractivity contribution is 0.488. The van der Waals surface area contributed by atoms with Crippen LogP contribution in [0.3, 0.4) is 0 Å². The summed E-state index contributed by atoms with van der Waals surface area (Å²) in [6.07, 6.45) is 17.1. The van der Waals surface area contributed by atoms with Gasteiger partial charge in [0.2, 0.25) is 0 Å². The maximum absolute atomic E-state index is 4.41. The molecule has 1 aromatic rings. The predicted molar refractivity (Wildman–Crippen MR) is 95.0 cm³/mol. The van der Waals surface area contributed by atoms with Gasteiger partial charge < -0.3 is 5.32 Å². The van der Waals surface area contributed by atoms with Crippen LogP contribution in [0.25, 0.3) is 0 Å². The summed E-state index contributed by atoms with van der Waals surface area (Å²) in [4.78, 5) is 4.41. The Morgan fingerprint density at radius 3 is 2.10 bits per heavy atom. The van der Waals surface area contributed by atoms with Crippen LogP contribution < -0.4 is 5.32 Å². The van der Waals surface area contributed by atoms with Crippen LogP contribution in [0.5, 0.6) is 0 Å². The average molecular weight is 311 g/mol. The van der Waals surface area contributed by atoms with E-state index in [4.69, 9.17) is 0 Å². The van der Waals surface area contributed by atoms with E-state index in [1.54, 1.807) is 11.3 Å². The lowest BCUT2D eigenvalue weighted by Gasteiger charge is -2.14. The molecule has 0 aromatic carbocycles. The van der Waals surface area contributed by atoms with Crippen LogP contribution in [-0.2, 0) is 0 Å². The molecule has 1 unspecified atom stereocenters. The Labute approximate surface area is 135 Å². The molecular weight excluding hydrogens is 276 g/mol. The zero-order chi connectivity index (χ0) is 15.2. The zero-order valence-corrected chi connectivity index (χ0v) is 14.9. The molecule has 0 bridgehead atoms. The van der Waals surface area contributed by atoms with Crippen molar-refractivity contribution in [1.82, 2.24) is 10.3 Å². The van der Waals surface area contributed by atoms with Crippen LogP contribution in [0.4, 0.5) is 0 Å². The molecule has 0 spiro atoms. The summed E-state index contributed by atoms with van der Waals surface area (Å²) in [6, 6.07) is 0.462. The van der Waals surface area contributed by atoms with Crippen LogP contribution in [0, 0.1) is 0 Å². The number of unbranched alkanes of at least 4 members (excludes halogenated alkanes) is 9. The molecule has 2 nitrogen and oxygen atoms in total. The molecule has 3 heteroatoms. The molecule has 1 atom stereocenters. The monoisotopic (exact) mass is 310 g/mol. The molecule has 0 saturated carbocycles. The first-order valence-corrected chi connectivity index (χ1v) is 9.89. The highest BCUT2D eigenvalue weighted by molar-refractivity contribution is 7.09. The van der Waals surface area contributed by atoms with Crippen molar-refractivity contribution in [2.45, 2.75) is 90.5 Å². The Hall–Kier alpha value is -0.410. The van der Waals surface area contributed by atoms with Gasteiger partial charge in [-0.15, -0.1) is 11.3 Å². The van der Waals surface area contributed by atoms with Gasteiger partial charge in [0.25, 0.3) is 0 Å². The molecule has 1 heterocycles. The van der Waals surface area contributed by atoms with E-state index in [9.17, 15) is 0 Å². The first-order chi connectivity index (χ1) is 10.4. The second-order valence-corrected chi connectivity index (χ2v) is 6.89. The number of hydrogen-bond acceptors (Lipinski definition) is 3. The summed E-state index contributed by atoms with van der Waals surface area (Å²) in [6.45, 7) is 5.65. The van der Waals surface area contributed by atoms with E-state index < -0.39 is 0 Å². The summed E-state index contributed by atoms with van der Waals surface area (Å²) < 4.78 is 0. The SMILES string of the molecule is CCCCCCCCCCCCNC(CC)c1nccs1. The molecule has 0 radical (unpaired) electrons. The third kappa shape index (κ3) is 9.26. The molecule has 0 saturated heterocycles. The van der Waals surface area contributed by atoms with E-state index in [2.05, 4.69) is 29.5 Å². The van der Waals surface area contributed by atoms with Gasteiger partial charge in [-0.1, -0.05) is 71.6 Å². The molecule has 1 N–H and O–H groups in total. The van der Waals surface area contributed by atoms with E-state index in [0.717, 1.165) is 13.0 Å². The van der Waals surface area contributed by atoms with E-state index in [-0.39, 0.29) is 0 Å². The van der Waals surface area contributed by atoms with Crippen molar-refractivity contribution < 1.29 is 0 Å². The summed E-state index contributed by atoms with van der Waals surface area (Å²) in [5.41, 5.74) is 0. The minimum atomic E-state index is 0.462. The highest BCUT2D eigenvalue weighted by Gasteiger charge is 2.09. The van der Waals surface area contributed by atoms with E-state index >= 15 is 0 Å². The smallest absolute Gasteiger partial charge is 0.109 e. The fourth-order valence-corrected chi connectivity index (χ4v) is 3.50. The topological polar surface area (TPSA) is 24.9 Å². The van der Waals surface area contributed by atoms with Gasteiger partial charge in [0, 0.05) is 11.6 Å². The highest BCUT2D eigenvalue weighted by Crippen LogP contribution is 2.18. The van der Waals surface area contributed by atoms with Crippen molar-refractivity contribution in [3.8, 4) is 0 Å². The predicted octanol–water partition coefficient (Wildman–Crippen LogP) is 6.10. The van der Waals surface area contributed by atoms with Gasteiger partial charge in [-0.25, -0.2) is 4.98 Å². The lowest BCUT2D eigenvalue weighted by atomic mass is 10.1. The van der Waals surface area contributed by atoms with Gasteiger partial charge in [0.15, 0.2) is 0 Å². The van der Waals surface area contributed by atoms with Gasteiger partial charge >= 0.3 is 0 Å². The molecule has 122 valence electrons. The third-order valence-corrected chi connectivity index (χ3v) is 4.97. The maximum atomic E-state index is 4.41. The Balaban J connectivity index is 1.88. The van der Waals surface area contributed by atoms with Crippen molar-refractivity contribution in [3.05, 3.63) is 16.6 Å². The van der Waals surface area contributed by atoms with Gasteiger partial charge in [-0.3, -0.25) is 0 Å². The Morgan fingerprint density at radius 1 is 0.952 bits per heavy atom. The molecule has 0 amide bonds. The first kappa shape index (κ1) is 18.6. The molecular formula is C18H34N2S. The average Bonchev–Trinajstić information content (AvgIpc) is 3.03. The number of aromatic nitrogens is 1. The number of thiazole rings is 1. The lowest BCUT2D eigenvalue weighted by Crippen LogP contribution is -2.21. The van der Waals surface area contributed by atoms with Gasteiger partial charge in [0.1, 0.15) is 5.01 Å². The molecule has 0 fully saturated rings. The van der Waals surface area contributed by atoms with E-state index in [1.165, 1.54) is 69.2 Å². The van der Waals surface area contributed by atoms with Gasteiger partial charge in [-0.05, 0) is 19.4 Å². The zero-order valence-electron chi connectivity index (χ0n) is 14.1. The van der Waals surface area contributed by atoms with Crippen LogP contribution >= 0.6 is 11.3 Å². The molecule has 0 aliphatic rings. The van der Waals surface area contributed by atoms with Crippen LogP contribution in [0.1, 0.15) is 95.5 Å². The third-order valence-electron chi connectivity index (χ3n) is 4.08. The summed E-state index contributed by atoms with van der Waals surface area (Å²) in [7, 11) is 0. The second-order valence-electron chi connectivity index (χ2n) is 5.97. The van der Waals surface area contributed by atoms with Crippen molar-refractivity contribution in [3.63, 3.8) is 0 Å². The quantitative estimate of drug-likeness (QED) is 0.420. The van der Waals surface area contributed by atoms with Crippen LogP contribution in [0.15, 0.2) is 11.6 Å². The minimum Gasteiger partial charge on any atom is -0.308 e. The van der Waals surface area contributed by atoms with Crippen molar-refractivity contribution in [2.24, 2.45) is 0 Å².